The lowest BCUT2D eigenvalue weighted by Crippen LogP contribution is -2.06. The minimum atomic E-state index is 0.0302. The molecule has 20 heavy (non-hydrogen) atoms. The van der Waals surface area contributed by atoms with Gasteiger partial charge in [0.15, 0.2) is 0 Å². The van der Waals surface area contributed by atoms with Crippen LogP contribution in [0.4, 0.5) is 0 Å². The Morgan fingerprint density at radius 3 is 2.45 bits per heavy atom. The largest absolute Gasteiger partial charge is 0.497 e. The minimum absolute atomic E-state index is 0.0302. The van der Waals surface area contributed by atoms with Gasteiger partial charge in [0, 0.05) is 0 Å². The van der Waals surface area contributed by atoms with Crippen molar-refractivity contribution in [1.82, 2.24) is 0 Å². The van der Waals surface area contributed by atoms with Crippen LogP contribution < -0.4 is 9.47 Å². The lowest BCUT2D eigenvalue weighted by Gasteiger charge is -2.13. The van der Waals surface area contributed by atoms with Crippen molar-refractivity contribution in [2.24, 2.45) is 0 Å². The molecule has 0 fully saturated rings. The highest BCUT2D eigenvalue weighted by atomic mass is 16.5. The van der Waals surface area contributed by atoms with Crippen LogP contribution in [0.3, 0.4) is 0 Å². The molecule has 2 aromatic rings. The number of rotatable bonds is 4. The van der Waals surface area contributed by atoms with Gasteiger partial charge < -0.3 is 9.47 Å². The fourth-order valence-electron chi connectivity index (χ4n) is 1.95. The van der Waals surface area contributed by atoms with Gasteiger partial charge in [-0.2, -0.15) is 5.26 Å². The second-order valence-corrected chi connectivity index (χ2v) is 4.72. The number of hydrogen-bond donors (Lipinski definition) is 0. The summed E-state index contributed by atoms with van der Waals surface area (Å²) >= 11 is 0. The summed E-state index contributed by atoms with van der Waals surface area (Å²) in [5, 5.41) is 9.12. The Hall–Kier alpha value is -2.47. The second kappa shape index (κ2) is 6.12. The Kier molecular flexibility index (Phi) is 4.27. The molecule has 0 aliphatic rings. The topological polar surface area (TPSA) is 42.2 Å². The van der Waals surface area contributed by atoms with E-state index in [9.17, 15) is 0 Å². The molecule has 0 unspecified atom stereocenters. The summed E-state index contributed by atoms with van der Waals surface area (Å²) in [5.41, 5.74) is 2.58. The first-order valence-corrected chi connectivity index (χ1v) is 6.49. The molecule has 2 aromatic carbocycles. The first-order chi connectivity index (χ1) is 9.63. The van der Waals surface area contributed by atoms with Crippen LogP contribution >= 0.6 is 0 Å². The Morgan fingerprint density at radius 2 is 1.80 bits per heavy atom. The molecule has 0 radical (unpaired) electrons. The zero-order valence-electron chi connectivity index (χ0n) is 11.9. The summed E-state index contributed by atoms with van der Waals surface area (Å²) in [6.07, 6.45) is 0.0302. The molecule has 2 rings (SSSR count). The average molecular weight is 267 g/mol. The predicted molar refractivity (Wildman–Crippen MR) is 78.9 cm³/mol. The summed E-state index contributed by atoms with van der Waals surface area (Å²) < 4.78 is 10.9. The monoisotopic (exact) mass is 267 g/mol. The maximum Gasteiger partial charge on any atom is 0.138 e. The lowest BCUT2D eigenvalue weighted by molar-refractivity contribution is 0.242. The smallest absolute Gasteiger partial charge is 0.138 e. The van der Waals surface area contributed by atoms with E-state index in [2.05, 4.69) is 6.07 Å². The Labute approximate surface area is 119 Å². The van der Waals surface area contributed by atoms with E-state index < -0.39 is 0 Å². The van der Waals surface area contributed by atoms with Crippen LogP contribution in [0.5, 0.6) is 11.5 Å². The van der Waals surface area contributed by atoms with Crippen LogP contribution in [0.1, 0.15) is 19.4 Å². The van der Waals surface area contributed by atoms with Crippen LogP contribution in [-0.2, 0) is 0 Å². The molecule has 3 nitrogen and oxygen atoms in total. The minimum Gasteiger partial charge on any atom is -0.497 e. The third kappa shape index (κ3) is 3.10. The molecule has 102 valence electrons. The van der Waals surface area contributed by atoms with Crippen molar-refractivity contribution in [3.8, 4) is 28.7 Å². The maximum atomic E-state index is 9.12. The number of benzene rings is 2. The van der Waals surface area contributed by atoms with Crippen LogP contribution in [0, 0.1) is 11.3 Å². The molecule has 0 atom stereocenters. The summed E-state index contributed by atoms with van der Waals surface area (Å²) in [6.45, 7) is 3.89. The zero-order chi connectivity index (χ0) is 14.5. The van der Waals surface area contributed by atoms with Crippen LogP contribution in [0.2, 0.25) is 0 Å². The van der Waals surface area contributed by atoms with E-state index in [4.69, 9.17) is 14.7 Å². The molecule has 0 spiro atoms. The van der Waals surface area contributed by atoms with Gasteiger partial charge in [-0.3, -0.25) is 0 Å². The molecule has 0 aliphatic carbocycles. The fraction of sp³-hybridized carbons (Fsp3) is 0.235. The molecule has 0 aliphatic heterocycles. The van der Waals surface area contributed by atoms with E-state index >= 15 is 0 Å². The van der Waals surface area contributed by atoms with E-state index in [0.717, 1.165) is 16.9 Å². The second-order valence-electron chi connectivity index (χ2n) is 4.72. The number of nitrogens with zero attached hydrogens (tertiary/aromatic N) is 1. The highest BCUT2D eigenvalue weighted by Crippen LogP contribution is 2.29. The van der Waals surface area contributed by atoms with E-state index in [-0.39, 0.29) is 6.10 Å². The van der Waals surface area contributed by atoms with Crippen molar-refractivity contribution >= 4 is 0 Å². The fourth-order valence-corrected chi connectivity index (χ4v) is 1.95. The summed E-state index contributed by atoms with van der Waals surface area (Å²) in [5.74, 6) is 1.42. The van der Waals surface area contributed by atoms with Gasteiger partial charge in [-0.1, -0.05) is 18.2 Å². The van der Waals surface area contributed by atoms with Gasteiger partial charge in [-0.25, -0.2) is 0 Å². The number of ether oxygens (including phenoxy) is 2. The van der Waals surface area contributed by atoms with E-state index in [1.807, 2.05) is 50.2 Å². The SMILES string of the molecule is COc1cccc(-c2ccc(C#N)c(OC(C)C)c2)c1. The van der Waals surface area contributed by atoms with Crippen molar-refractivity contribution in [2.45, 2.75) is 20.0 Å². The molecule has 0 saturated carbocycles. The molecule has 0 heterocycles. The quantitative estimate of drug-likeness (QED) is 0.840. The molecule has 0 N–H and O–H groups in total. The number of hydrogen-bond acceptors (Lipinski definition) is 3. The predicted octanol–water partition coefficient (Wildman–Crippen LogP) is 4.02. The molecular formula is C17H17NO2. The molecule has 0 amide bonds. The summed E-state index contributed by atoms with van der Waals surface area (Å²) in [7, 11) is 1.64. The van der Waals surface area contributed by atoms with Gasteiger partial charge >= 0.3 is 0 Å². The van der Waals surface area contributed by atoms with Gasteiger partial charge in [0.1, 0.15) is 17.6 Å². The molecule has 0 saturated heterocycles. The summed E-state index contributed by atoms with van der Waals surface area (Å²) in [6, 6.07) is 15.6. The third-order valence-corrected chi connectivity index (χ3v) is 2.87. The molecule has 3 heteroatoms. The number of methoxy groups -OCH3 is 1. The van der Waals surface area contributed by atoms with Crippen molar-refractivity contribution in [1.29, 1.82) is 5.26 Å². The highest BCUT2D eigenvalue weighted by Gasteiger charge is 2.08. The number of nitriles is 1. The zero-order valence-corrected chi connectivity index (χ0v) is 11.9. The van der Waals surface area contributed by atoms with Crippen molar-refractivity contribution in [3.63, 3.8) is 0 Å². The van der Waals surface area contributed by atoms with Crippen LogP contribution in [-0.4, -0.2) is 13.2 Å². The maximum absolute atomic E-state index is 9.12. The first kappa shape index (κ1) is 14.0. The normalized spacial score (nSPS) is 10.2. The highest BCUT2D eigenvalue weighted by molar-refractivity contribution is 5.68. The van der Waals surface area contributed by atoms with E-state index in [1.165, 1.54) is 0 Å². The lowest BCUT2D eigenvalue weighted by atomic mass is 10.0. The van der Waals surface area contributed by atoms with Crippen LogP contribution in [0.15, 0.2) is 42.5 Å². The molecular weight excluding hydrogens is 250 g/mol. The van der Waals surface area contributed by atoms with Gasteiger partial charge in [0.25, 0.3) is 0 Å². The van der Waals surface area contributed by atoms with Gasteiger partial charge in [-0.15, -0.1) is 0 Å². The molecule has 0 bridgehead atoms. The standard InChI is InChI=1S/C17H17NO2/c1-12(2)20-17-10-14(7-8-15(17)11-18)13-5-4-6-16(9-13)19-3/h4-10,12H,1-3H3. The van der Waals surface area contributed by atoms with Gasteiger partial charge in [0.05, 0.1) is 18.8 Å². The molecule has 0 aromatic heterocycles. The Balaban J connectivity index is 2.44. The average Bonchev–Trinajstić information content (AvgIpc) is 2.46. The van der Waals surface area contributed by atoms with Crippen molar-refractivity contribution in [3.05, 3.63) is 48.0 Å². The van der Waals surface area contributed by atoms with Gasteiger partial charge in [0.2, 0.25) is 0 Å². The van der Waals surface area contributed by atoms with Crippen molar-refractivity contribution < 1.29 is 9.47 Å². The third-order valence-electron chi connectivity index (χ3n) is 2.87. The first-order valence-electron chi connectivity index (χ1n) is 6.49. The van der Waals surface area contributed by atoms with Gasteiger partial charge in [-0.05, 0) is 49.2 Å². The van der Waals surface area contributed by atoms with E-state index in [1.54, 1.807) is 13.2 Å². The van der Waals surface area contributed by atoms with Crippen LogP contribution in [0.25, 0.3) is 11.1 Å². The Bertz CT molecular complexity index is 642. The van der Waals surface area contributed by atoms with E-state index in [0.29, 0.717) is 11.3 Å². The van der Waals surface area contributed by atoms with Crippen molar-refractivity contribution in [2.75, 3.05) is 7.11 Å². The summed E-state index contributed by atoms with van der Waals surface area (Å²) in [4.78, 5) is 0. The Morgan fingerprint density at radius 1 is 1.05 bits per heavy atom.